The average molecular weight is 534 g/mol. The molecule has 0 amide bonds. The van der Waals surface area contributed by atoms with Gasteiger partial charge in [-0.05, 0) is 0 Å². The second kappa shape index (κ2) is 17.4. The standard InChI is InChI=1S/C11H17.C9H7.C7H6.CH3.2ClH.Zr/c1-8(2)10-6-5-7-11(10)9(3)4;1-2-5-9-7-3-6-8(9)4-1;1-7-5-3-2-4-6-7;;;;/h6,8-9H,5H2,1-4H3;1-7H;1-6H;1H3;2*1H;/q2*-1;;-1;;;. The van der Waals surface area contributed by atoms with E-state index in [9.17, 15) is 0 Å². The van der Waals surface area contributed by atoms with Crippen molar-refractivity contribution in [2.75, 3.05) is 0 Å². The summed E-state index contributed by atoms with van der Waals surface area (Å²) >= 11 is 1.46. The Bertz CT molecular complexity index is 866. The van der Waals surface area contributed by atoms with E-state index in [1.165, 1.54) is 51.7 Å². The van der Waals surface area contributed by atoms with Crippen LogP contribution < -0.4 is 0 Å². The van der Waals surface area contributed by atoms with Crippen LogP contribution in [-0.4, -0.2) is 3.71 Å². The maximum atomic E-state index is 3.41. The van der Waals surface area contributed by atoms with Crippen molar-refractivity contribution in [3.05, 3.63) is 109 Å². The van der Waals surface area contributed by atoms with Gasteiger partial charge >= 0.3 is 63.8 Å². The van der Waals surface area contributed by atoms with Crippen LogP contribution in [0.15, 0.2) is 90.0 Å². The van der Waals surface area contributed by atoms with Crippen LogP contribution >= 0.6 is 24.8 Å². The number of allylic oxidation sites excluding steroid dienone is 4. The molecule has 168 valence electrons. The average Bonchev–Trinajstić information content (AvgIpc) is 3.39. The first-order valence-electron chi connectivity index (χ1n) is 10.00. The SMILES string of the molecule is CC(C)C1=[C-]CC=C1C(C)C.Cl.Cl.[CH3-].[Zr]=[CH]c1ccccc1.c1ccc2[cH-]ccc2c1. The van der Waals surface area contributed by atoms with Gasteiger partial charge in [0.1, 0.15) is 0 Å². The van der Waals surface area contributed by atoms with Gasteiger partial charge in [0.05, 0.1) is 0 Å². The first-order valence-corrected chi connectivity index (χ1v) is 11.4. The monoisotopic (exact) mass is 531 g/mol. The summed E-state index contributed by atoms with van der Waals surface area (Å²) in [6.45, 7) is 8.98. The molecule has 4 rings (SSSR count). The molecule has 0 fully saturated rings. The molecular weight excluding hydrogens is 498 g/mol. The largest absolute Gasteiger partial charge is 0.168 e. The van der Waals surface area contributed by atoms with Crippen molar-refractivity contribution >= 4 is 39.3 Å². The Kier molecular flexibility index (Phi) is 18.0. The van der Waals surface area contributed by atoms with Crippen molar-refractivity contribution in [1.82, 2.24) is 0 Å². The fourth-order valence-electron chi connectivity index (χ4n) is 3.19. The molecule has 3 aromatic carbocycles. The van der Waals surface area contributed by atoms with E-state index in [1.54, 1.807) is 0 Å². The third-order valence-electron chi connectivity index (χ3n) is 4.64. The molecule has 31 heavy (non-hydrogen) atoms. The van der Waals surface area contributed by atoms with Gasteiger partial charge in [0.15, 0.2) is 0 Å². The summed E-state index contributed by atoms with van der Waals surface area (Å²) in [5.74, 6) is 1.31. The summed E-state index contributed by atoms with van der Waals surface area (Å²) < 4.78 is 2.17. The molecule has 0 aliphatic heterocycles. The summed E-state index contributed by atoms with van der Waals surface area (Å²) in [5, 5.41) is 2.66. The Labute approximate surface area is 217 Å². The third kappa shape index (κ3) is 10.8. The van der Waals surface area contributed by atoms with Gasteiger partial charge in [-0.3, -0.25) is 6.08 Å². The number of hydrogen-bond donors (Lipinski definition) is 0. The fraction of sp³-hybridized carbons (Fsp3) is 0.250. The summed E-state index contributed by atoms with van der Waals surface area (Å²) in [4.78, 5) is 0. The van der Waals surface area contributed by atoms with E-state index in [4.69, 9.17) is 0 Å². The maximum absolute atomic E-state index is 3.41. The van der Waals surface area contributed by atoms with Crippen LogP contribution in [-0.2, 0) is 24.2 Å². The quantitative estimate of drug-likeness (QED) is 0.296. The van der Waals surface area contributed by atoms with Crippen LogP contribution in [0.1, 0.15) is 39.7 Å². The molecule has 0 aromatic heterocycles. The Hall–Kier alpha value is -1.14. The van der Waals surface area contributed by atoms with E-state index in [2.05, 4.69) is 110 Å². The molecule has 0 N–H and O–H groups in total. The number of rotatable bonds is 3. The molecule has 0 radical (unpaired) electrons. The number of hydrogen-bond acceptors (Lipinski definition) is 0. The molecule has 0 atom stereocenters. The molecule has 0 unspecified atom stereocenters. The van der Waals surface area contributed by atoms with Crippen molar-refractivity contribution in [1.29, 1.82) is 0 Å². The summed E-state index contributed by atoms with van der Waals surface area (Å²) in [5.41, 5.74) is 4.28. The van der Waals surface area contributed by atoms with Gasteiger partial charge in [-0.1, -0.05) is 45.6 Å². The van der Waals surface area contributed by atoms with Crippen molar-refractivity contribution in [3.63, 3.8) is 0 Å². The Morgan fingerprint density at radius 3 is 1.97 bits per heavy atom. The Morgan fingerprint density at radius 1 is 0.871 bits per heavy atom. The molecule has 0 saturated heterocycles. The van der Waals surface area contributed by atoms with Crippen LogP contribution in [0.5, 0.6) is 0 Å². The van der Waals surface area contributed by atoms with E-state index in [-0.39, 0.29) is 32.2 Å². The van der Waals surface area contributed by atoms with Crippen molar-refractivity contribution in [3.8, 4) is 0 Å². The van der Waals surface area contributed by atoms with Gasteiger partial charge in [0, 0.05) is 0 Å². The Morgan fingerprint density at radius 2 is 1.48 bits per heavy atom. The van der Waals surface area contributed by atoms with Gasteiger partial charge in [0.2, 0.25) is 0 Å². The van der Waals surface area contributed by atoms with Crippen LogP contribution in [0.4, 0.5) is 0 Å². The third-order valence-corrected chi connectivity index (χ3v) is 5.46. The van der Waals surface area contributed by atoms with Crippen molar-refractivity contribution in [2.45, 2.75) is 34.1 Å². The zero-order valence-electron chi connectivity index (χ0n) is 19.3. The van der Waals surface area contributed by atoms with Gasteiger partial charge < -0.3 is 7.43 Å². The normalized spacial score (nSPS) is 11.4. The number of halogens is 2. The maximum Gasteiger partial charge on any atom is -0.0809 e. The topological polar surface area (TPSA) is 0 Å². The molecular formula is C28H35Cl2Zr-3. The summed E-state index contributed by atoms with van der Waals surface area (Å²) in [6.07, 6.45) is 6.75. The van der Waals surface area contributed by atoms with Crippen molar-refractivity contribution in [2.24, 2.45) is 11.8 Å². The Balaban J connectivity index is 0. The zero-order chi connectivity index (χ0) is 20.4. The van der Waals surface area contributed by atoms with Crippen LogP contribution in [0.3, 0.4) is 0 Å². The minimum absolute atomic E-state index is 0. The van der Waals surface area contributed by atoms with Gasteiger partial charge in [-0.25, -0.2) is 5.57 Å². The number of benzene rings is 2. The minimum atomic E-state index is 0. The van der Waals surface area contributed by atoms with Gasteiger partial charge in [0.25, 0.3) is 0 Å². The molecule has 0 bridgehead atoms. The van der Waals surface area contributed by atoms with Crippen LogP contribution in [0.2, 0.25) is 0 Å². The molecule has 0 nitrogen and oxygen atoms in total. The molecule has 0 spiro atoms. The molecule has 3 heteroatoms. The van der Waals surface area contributed by atoms with E-state index < -0.39 is 0 Å². The van der Waals surface area contributed by atoms with E-state index >= 15 is 0 Å². The fourth-order valence-corrected chi connectivity index (χ4v) is 3.66. The predicted molar refractivity (Wildman–Crippen MR) is 141 cm³/mol. The van der Waals surface area contributed by atoms with Crippen LogP contribution in [0, 0.1) is 25.3 Å². The summed E-state index contributed by atoms with van der Waals surface area (Å²) in [6, 6.07) is 25.0. The molecule has 0 heterocycles. The van der Waals surface area contributed by atoms with E-state index in [0.29, 0.717) is 11.8 Å². The second-order valence-corrected chi connectivity index (χ2v) is 8.18. The molecule has 3 aromatic rings. The van der Waals surface area contributed by atoms with E-state index in [1.807, 2.05) is 6.07 Å². The van der Waals surface area contributed by atoms with Crippen molar-refractivity contribution < 1.29 is 24.2 Å². The van der Waals surface area contributed by atoms with Gasteiger partial charge in [-0.2, -0.15) is 29.2 Å². The minimum Gasteiger partial charge on any atom is -0.168 e. The summed E-state index contributed by atoms with van der Waals surface area (Å²) in [7, 11) is 0. The van der Waals surface area contributed by atoms with Crippen LogP contribution in [0.25, 0.3) is 10.8 Å². The smallest absolute Gasteiger partial charge is 0.0809 e. The van der Waals surface area contributed by atoms with Gasteiger partial charge in [-0.15, -0.1) is 60.9 Å². The first-order chi connectivity index (χ1) is 13.5. The second-order valence-electron chi connectivity index (χ2n) is 7.47. The van der Waals surface area contributed by atoms with E-state index in [0.717, 1.165) is 6.42 Å². The predicted octanol–water partition coefficient (Wildman–Crippen LogP) is 8.59. The first kappa shape index (κ1) is 32.0. The molecule has 1 aliphatic rings. The molecule has 1 aliphatic carbocycles. The molecule has 0 saturated carbocycles. The zero-order valence-corrected chi connectivity index (χ0v) is 23.4. The number of fused-ring (bicyclic) bond motifs is 1.